The minimum atomic E-state index is -0.301. The van der Waals surface area contributed by atoms with E-state index in [0.29, 0.717) is 6.61 Å². The van der Waals surface area contributed by atoms with Crippen molar-refractivity contribution in [3.8, 4) is 5.75 Å². The monoisotopic (exact) mass is 290 g/mol. The normalized spacial score (nSPS) is 10.8. The highest BCUT2D eigenvalue weighted by molar-refractivity contribution is 5.87. The summed E-state index contributed by atoms with van der Waals surface area (Å²) in [5.41, 5.74) is 2.27. The van der Waals surface area contributed by atoms with Crippen LogP contribution in [0.3, 0.4) is 0 Å². The first-order valence-electron chi connectivity index (χ1n) is 7.73. The number of carbonyl (C=O) groups is 1. The number of aryl methyl sites for hydroxylation is 1. The maximum Gasteiger partial charge on any atom is 0.330 e. The predicted molar refractivity (Wildman–Crippen MR) is 86.5 cm³/mol. The lowest BCUT2D eigenvalue weighted by Gasteiger charge is -2.09. The maximum atomic E-state index is 11.4. The molecular formula is C18H26O3. The van der Waals surface area contributed by atoms with Crippen LogP contribution in [0.2, 0.25) is 0 Å². The first-order valence-corrected chi connectivity index (χ1v) is 7.73. The highest BCUT2D eigenvalue weighted by Gasteiger charge is 2.04. The quantitative estimate of drug-likeness (QED) is 0.384. The fourth-order valence-corrected chi connectivity index (χ4v) is 2.18. The molecule has 0 N–H and O–H groups in total. The van der Waals surface area contributed by atoms with Gasteiger partial charge >= 0.3 is 5.97 Å². The number of esters is 1. The summed E-state index contributed by atoms with van der Waals surface area (Å²) >= 11 is 0. The summed E-state index contributed by atoms with van der Waals surface area (Å²) in [7, 11) is 1.67. The maximum absolute atomic E-state index is 11.4. The van der Waals surface area contributed by atoms with E-state index in [1.807, 2.05) is 18.2 Å². The zero-order chi connectivity index (χ0) is 15.5. The summed E-state index contributed by atoms with van der Waals surface area (Å²) in [6.45, 7) is 4.41. The van der Waals surface area contributed by atoms with Gasteiger partial charge in [-0.15, -0.1) is 0 Å². The van der Waals surface area contributed by atoms with E-state index in [1.165, 1.54) is 30.9 Å². The smallest absolute Gasteiger partial charge is 0.330 e. The Kier molecular flexibility index (Phi) is 8.25. The molecule has 0 amide bonds. The lowest BCUT2D eigenvalue weighted by atomic mass is 10.00. The molecular weight excluding hydrogens is 264 g/mol. The Morgan fingerprint density at radius 1 is 1.19 bits per heavy atom. The van der Waals surface area contributed by atoms with Crippen LogP contribution in [0.1, 0.15) is 50.7 Å². The number of methoxy groups -OCH3 is 1. The van der Waals surface area contributed by atoms with Gasteiger partial charge in [0.15, 0.2) is 0 Å². The second kappa shape index (κ2) is 10.0. The average molecular weight is 290 g/mol. The van der Waals surface area contributed by atoms with Gasteiger partial charge in [0.25, 0.3) is 0 Å². The van der Waals surface area contributed by atoms with E-state index in [1.54, 1.807) is 14.0 Å². The van der Waals surface area contributed by atoms with Crippen LogP contribution in [0, 0.1) is 0 Å². The highest BCUT2D eigenvalue weighted by atomic mass is 16.5. The zero-order valence-electron chi connectivity index (χ0n) is 13.4. The molecule has 1 aromatic carbocycles. The predicted octanol–water partition coefficient (Wildman–Crippen LogP) is 4.39. The molecule has 0 aliphatic heterocycles. The molecule has 0 aromatic heterocycles. The molecule has 0 spiro atoms. The van der Waals surface area contributed by atoms with E-state index < -0.39 is 0 Å². The Morgan fingerprint density at radius 2 is 2.00 bits per heavy atom. The van der Waals surface area contributed by atoms with Crippen molar-refractivity contribution in [3.63, 3.8) is 0 Å². The highest BCUT2D eigenvalue weighted by Crippen LogP contribution is 2.21. The van der Waals surface area contributed by atoms with Gasteiger partial charge in [0.1, 0.15) is 5.75 Å². The Bertz CT molecular complexity index is 464. The number of hydrogen-bond acceptors (Lipinski definition) is 3. The third kappa shape index (κ3) is 6.48. The van der Waals surface area contributed by atoms with Crippen LogP contribution in [0.15, 0.2) is 24.3 Å². The van der Waals surface area contributed by atoms with Crippen LogP contribution >= 0.6 is 0 Å². The topological polar surface area (TPSA) is 35.5 Å². The molecule has 0 aliphatic carbocycles. The minimum Gasteiger partial charge on any atom is -0.497 e. The van der Waals surface area contributed by atoms with Crippen LogP contribution in [0.5, 0.6) is 5.75 Å². The van der Waals surface area contributed by atoms with Gasteiger partial charge in [-0.05, 0) is 49.1 Å². The van der Waals surface area contributed by atoms with Gasteiger partial charge < -0.3 is 9.47 Å². The molecule has 3 nitrogen and oxygen atoms in total. The van der Waals surface area contributed by atoms with Crippen LogP contribution in [0.4, 0.5) is 0 Å². The third-order valence-corrected chi connectivity index (χ3v) is 3.34. The van der Waals surface area contributed by atoms with E-state index in [0.717, 1.165) is 24.2 Å². The van der Waals surface area contributed by atoms with E-state index in [9.17, 15) is 4.79 Å². The van der Waals surface area contributed by atoms with Gasteiger partial charge in [-0.3, -0.25) is 0 Å². The van der Waals surface area contributed by atoms with Crippen LogP contribution in [-0.2, 0) is 16.0 Å². The van der Waals surface area contributed by atoms with Crippen molar-refractivity contribution in [2.45, 2.75) is 46.0 Å². The number of rotatable bonds is 9. The fourth-order valence-electron chi connectivity index (χ4n) is 2.18. The summed E-state index contributed by atoms with van der Waals surface area (Å²) in [6, 6.07) is 5.96. The third-order valence-electron chi connectivity index (χ3n) is 3.34. The minimum absolute atomic E-state index is 0.301. The van der Waals surface area contributed by atoms with Crippen molar-refractivity contribution < 1.29 is 14.3 Å². The number of benzene rings is 1. The fraction of sp³-hybridized carbons (Fsp3) is 0.500. The lowest BCUT2D eigenvalue weighted by Crippen LogP contribution is -1.99. The Morgan fingerprint density at radius 3 is 2.67 bits per heavy atom. The van der Waals surface area contributed by atoms with Crippen molar-refractivity contribution in [2.24, 2.45) is 0 Å². The number of ether oxygens (including phenoxy) is 2. The Balaban J connectivity index is 2.78. The first-order chi connectivity index (χ1) is 10.2. The van der Waals surface area contributed by atoms with Crippen molar-refractivity contribution in [1.82, 2.24) is 0 Å². The molecule has 0 saturated carbocycles. The van der Waals surface area contributed by atoms with E-state index in [-0.39, 0.29) is 5.97 Å². The van der Waals surface area contributed by atoms with Gasteiger partial charge in [0, 0.05) is 6.08 Å². The largest absolute Gasteiger partial charge is 0.497 e. The van der Waals surface area contributed by atoms with Gasteiger partial charge in [-0.1, -0.05) is 32.3 Å². The molecule has 0 aliphatic rings. The SMILES string of the molecule is CCCCCCc1cc(OC)ccc1/C=C/C(=O)OCC. The van der Waals surface area contributed by atoms with Crippen LogP contribution < -0.4 is 4.74 Å². The Hall–Kier alpha value is -1.77. The average Bonchev–Trinajstić information content (AvgIpc) is 2.50. The molecule has 1 rings (SSSR count). The molecule has 0 saturated heterocycles. The number of hydrogen-bond donors (Lipinski definition) is 0. The molecule has 21 heavy (non-hydrogen) atoms. The van der Waals surface area contributed by atoms with Crippen LogP contribution in [-0.4, -0.2) is 19.7 Å². The molecule has 116 valence electrons. The Labute approximate surface area is 128 Å². The molecule has 0 heterocycles. The first kappa shape index (κ1) is 17.3. The number of unbranched alkanes of at least 4 members (excludes halogenated alkanes) is 3. The molecule has 0 radical (unpaired) electrons. The molecule has 1 aromatic rings. The van der Waals surface area contributed by atoms with Crippen molar-refractivity contribution in [3.05, 3.63) is 35.4 Å². The van der Waals surface area contributed by atoms with Crippen molar-refractivity contribution >= 4 is 12.0 Å². The van der Waals surface area contributed by atoms with Gasteiger partial charge in [0.05, 0.1) is 13.7 Å². The summed E-state index contributed by atoms with van der Waals surface area (Å²) in [4.78, 5) is 11.4. The van der Waals surface area contributed by atoms with E-state index in [2.05, 4.69) is 13.0 Å². The van der Waals surface area contributed by atoms with Crippen molar-refractivity contribution in [2.75, 3.05) is 13.7 Å². The summed E-state index contributed by atoms with van der Waals surface area (Å²) in [6.07, 6.45) is 9.19. The second-order valence-corrected chi connectivity index (χ2v) is 4.96. The zero-order valence-corrected chi connectivity index (χ0v) is 13.4. The molecule has 3 heteroatoms. The molecule has 0 bridgehead atoms. The molecule has 0 unspecified atom stereocenters. The van der Waals surface area contributed by atoms with Gasteiger partial charge in [0.2, 0.25) is 0 Å². The number of carbonyl (C=O) groups excluding carboxylic acids is 1. The molecule has 0 atom stereocenters. The lowest BCUT2D eigenvalue weighted by molar-refractivity contribution is -0.137. The molecule has 0 fully saturated rings. The summed E-state index contributed by atoms with van der Waals surface area (Å²) in [5, 5.41) is 0. The second-order valence-electron chi connectivity index (χ2n) is 4.96. The van der Waals surface area contributed by atoms with Crippen LogP contribution in [0.25, 0.3) is 6.08 Å². The van der Waals surface area contributed by atoms with Gasteiger partial charge in [-0.2, -0.15) is 0 Å². The standard InChI is InChI=1S/C18H26O3/c1-4-6-7-8-9-16-14-17(20-3)12-10-15(16)11-13-18(19)21-5-2/h10-14H,4-9H2,1-3H3/b13-11+. The summed E-state index contributed by atoms with van der Waals surface area (Å²) < 4.78 is 10.2. The van der Waals surface area contributed by atoms with E-state index in [4.69, 9.17) is 9.47 Å². The van der Waals surface area contributed by atoms with E-state index >= 15 is 0 Å². The van der Waals surface area contributed by atoms with Crippen molar-refractivity contribution in [1.29, 1.82) is 0 Å². The summed E-state index contributed by atoms with van der Waals surface area (Å²) in [5.74, 6) is 0.555. The van der Waals surface area contributed by atoms with Gasteiger partial charge in [-0.25, -0.2) is 4.79 Å².